The van der Waals surface area contributed by atoms with Crippen molar-refractivity contribution in [3.05, 3.63) is 64.6 Å². The van der Waals surface area contributed by atoms with Gasteiger partial charge >= 0.3 is 11.6 Å². The maximum atomic E-state index is 11.3. The second-order valence-corrected chi connectivity index (χ2v) is 5.94. The fourth-order valence-electron chi connectivity index (χ4n) is 2.53. The third-order valence-corrected chi connectivity index (χ3v) is 3.95. The van der Waals surface area contributed by atoms with Gasteiger partial charge < -0.3 is 19.0 Å². The highest BCUT2D eigenvalue weighted by Gasteiger charge is 2.24. The summed E-state index contributed by atoms with van der Waals surface area (Å²) in [6, 6.07) is 8.10. The monoisotopic (exact) mass is 342 g/mol. The summed E-state index contributed by atoms with van der Waals surface area (Å²) >= 11 is 0. The molecule has 0 radical (unpaired) electrons. The van der Waals surface area contributed by atoms with E-state index in [9.17, 15) is 14.7 Å². The van der Waals surface area contributed by atoms with Gasteiger partial charge in [-0.1, -0.05) is 6.58 Å². The Kier molecular flexibility index (Phi) is 4.72. The van der Waals surface area contributed by atoms with Gasteiger partial charge in [-0.3, -0.25) is 0 Å². The summed E-state index contributed by atoms with van der Waals surface area (Å²) < 4.78 is 15.8. The molecule has 1 N–H and O–H groups in total. The molecule has 1 aliphatic rings. The van der Waals surface area contributed by atoms with E-state index in [0.717, 1.165) is 5.39 Å². The molecule has 0 spiro atoms. The number of cyclic esters (lactones) is 1. The number of aliphatic hydroxyl groups excluding tert-OH is 1. The Labute approximate surface area is 144 Å². The number of carbonyl (C=O) groups excluding carboxylic acids is 1. The first-order valence-electron chi connectivity index (χ1n) is 7.84. The number of aliphatic hydroxyl groups is 1. The van der Waals surface area contributed by atoms with Crippen molar-refractivity contribution in [1.29, 1.82) is 0 Å². The average molecular weight is 342 g/mol. The van der Waals surface area contributed by atoms with Crippen LogP contribution in [0.5, 0.6) is 5.75 Å². The van der Waals surface area contributed by atoms with E-state index in [1.807, 2.05) is 0 Å². The van der Waals surface area contributed by atoms with Gasteiger partial charge in [-0.15, -0.1) is 0 Å². The highest BCUT2D eigenvalue weighted by atomic mass is 16.5. The van der Waals surface area contributed by atoms with Gasteiger partial charge in [0.25, 0.3) is 0 Å². The quantitative estimate of drug-likeness (QED) is 0.493. The van der Waals surface area contributed by atoms with Crippen LogP contribution in [-0.2, 0) is 9.53 Å². The fourth-order valence-corrected chi connectivity index (χ4v) is 2.53. The zero-order chi connectivity index (χ0) is 18.0. The molecule has 1 aromatic heterocycles. The zero-order valence-electron chi connectivity index (χ0n) is 13.7. The van der Waals surface area contributed by atoms with Gasteiger partial charge in [-0.05, 0) is 36.8 Å². The molecular weight excluding hydrogens is 324 g/mol. The second-order valence-electron chi connectivity index (χ2n) is 5.94. The summed E-state index contributed by atoms with van der Waals surface area (Å²) in [5, 5.41) is 10.9. The topological polar surface area (TPSA) is 86.0 Å². The Hall–Kier alpha value is -2.86. The van der Waals surface area contributed by atoms with E-state index >= 15 is 0 Å². The van der Waals surface area contributed by atoms with Crippen molar-refractivity contribution in [2.75, 3.05) is 6.61 Å². The molecule has 2 heterocycles. The minimum Gasteiger partial charge on any atom is -0.490 e. The van der Waals surface area contributed by atoms with Crippen molar-refractivity contribution in [1.82, 2.24) is 0 Å². The van der Waals surface area contributed by atoms with Crippen LogP contribution in [0.2, 0.25) is 0 Å². The summed E-state index contributed by atoms with van der Waals surface area (Å²) in [6.07, 6.45) is 0.739. The molecule has 6 nitrogen and oxygen atoms in total. The van der Waals surface area contributed by atoms with Crippen molar-refractivity contribution in [3.63, 3.8) is 0 Å². The average Bonchev–Trinajstić information content (AvgIpc) is 2.89. The van der Waals surface area contributed by atoms with Crippen LogP contribution in [0.1, 0.15) is 13.3 Å². The molecule has 6 heteroatoms. The minimum absolute atomic E-state index is 0.00916. The molecule has 1 aromatic carbocycles. The number of benzene rings is 1. The molecule has 0 amide bonds. The lowest BCUT2D eigenvalue weighted by atomic mass is 10.0. The Morgan fingerprint density at radius 1 is 1.32 bits per heavy atom. The van der Waals surface area contributed by atoms with Crippen molar-refractivity contribution in [2.45, 2.75) is 25.6 Å². The highest BCUT2D eigenvalue weighted by molar-refractivity contribution is 5.90. The molecule has 0 aliphatic carbocycles. The Balaban J connectivity index is 1.58. The first kappa shape index (κ1) is 17.0. The van der Waals surface area contributed by atoms with Gasteiger partial charge in [-0.25, -0.2) is 9.59 Å². The van der Waals surface area contributed by atoms with Crippen LogP contribution < -0.4 is 10.4 Å². The summed E-state index contributed by atoms with van der Waals surface area (Å²) in [4.78, 5) is 22.6. The molecule has 0 bridgehead atoms. The van der Waals surface area contributed by atoms with Crippen LogP contribution >= 0.6 is 0 Å². The lowest BCUT2D eigenvalue weighted by Gasteiger charge is -2.17. The summed E-state index contributed by atoms with van der Waals surface area (Å²) in [7, 11) is 0. The maximum Gasteiger partial charge on any atom is 0.336 e. The predicted octanol–water partition coefficient (Wildman–Crippen LogP) is 2.35. The van der Waals surface area contributed by atoms with Gasteiger partial charge in [0.05, 0.1) is 0 Å². The van der Waals surface area contributed by atoms with E-state index in [-0.39, 0.29) is 12.6 Å². The van der Waals surface area contributed by atoms with Gasteiger partial charge in [-0.2, -0.15) is 0 Å². The third kappa shape index (κ3) is 3.97. The van der Waals surface area contributed by atoms with Crippen molar-refractivity contribution >= 4 is 16.9 Å². The molecule has 0 fully saturated rings. The number of ether oxygens (including phenoxy) is 2. The third-order valence-electron chi connectivity index (χ3n) is 3.95. The van der Waals surface area contributed by atoms with Crippen LogP contribution in [0.4, 0.5) is 0 Å². The Morgan fingerprint density at radius 3 is 2.80 bits per heavy atom. The second kappa shape index (κ2) is 6.94. The molecule has 1 aliphatic heterocycles. The van der Waals surface area contributed by atoms with Crippen LogP contribution in [0.3, 0.4) is 0 Å². The Bertz CT molecular complexity index is 908. The van der Waals surface area contributed by atoms with Gasteiger partial charge in [0.15, 0.2) is 0 Å². The van der Waals surface area contributed by atoms with E-state index in [4.69, 9.17) is 13.9 Å². The van der Waals surface area contributed by atoms with E-state index < -0.39 is 17.8 Å². The van der Waals surface area contributed by atoms with E-state index in [1.54, 1.807) is 37.3 Å². The zero-order valence-corrected chi connectivity index (χ0v) is 13.7. The van der Waals surface area contributed by atoms with E-state index in [1.165, 1.54) is 6.07 Å². The number of carbonyl (C=O) groups is 1. The normalized spacial score (nSPS) is 17.9. The molecule has 2 aromatic rings. The van der Waals surface area contributed by atoms with Gasteiger partial charge in [0, 0.05) is 29.5 Å². The van der Waals surface area contributed by atoms with Gasteiger partial charge in [0.2, 0.25) is 0 Å². The molecule has 1 unspecified atom stereocenters. The molecule has 130 valence electrons. The number of hydrogen-bond acceptors (Lipinski definition) is 6. The molecule has 3 rings (SSSR count). The summed E-state index contributed by atoms with van der Waals surface area (Å²) in [5.74, 6) is 0.123. The lowest BCUT2D eigenvalue weighted by molar-refractivity contribution is -0.139. The predicted molar refractivity (Wildman–Crippen MR) is 91.4 cm³/mol. The number of esters is 1. The van der Waals surface area contributed by atoms with Crippen LogP contribution in [0.15, 0.2) is 63.3 Å². The van der Waals surface area contributed by atoms with E-state index in [2.05, 4.69) is 6.58 Å². The number of hydrogen-bond donors (Lipinski definition) is 1. The molecule has 0 saturated heterocycles. The lowest BCUT2D eigenvalue weighted by Crippen LogP contribution is -2.22. The fraction of sp³-hybridized carbons (Fsp3) is 0.263. The molecule has 2 atom stereocenters. The number of rotatable bonds is 6. The first-order valence-corrected chi connectivity index (χ1v) is 7.84. The number of fused-ring (bicyclic) bond motifs is 1. The summed E-state index contributed by atoms with van der Waals surface area (Å²) in [5.41, 5.74) is 1.04. The first-order chi connectivity index (χ1) is 11.9. The van der Waals surface area contributed by atoms with Crippen molar-refractivity contribution in [2.24, 2.45) is 0 Å². The van der Waals surface area contributed by atoms with Gasteiger partial charge in [0.1, 0.15) is 30.1 Å². The molecule has 25 heavy (non-hydrogen) atoms. The van der Waals surface area contributed by atoms with E-state index in [0.29, 0.717) is 28.9 Å². The molecule has 0 saturated carbocycles. The van der Waals surface area contributed by atoms with Crippen molar-refractivity contribution < 1.29 is 23.8 Å². The van der Waals surface area contributed by atoms with Crippen molar-refractivity contribution in [3.8, 4) is 5.75 Å². The van der Waals surface area contributed by atoms with Crippen LogP contribution in [0.25, 0.3) is 11.0 Å². The maximum absolute atomic E-state index is 11.3. The molecular formula is C19H18O6. The van der Waals surface area contributed by atoms with Crippen LogP contribution in [0, 0.1) is 0 Å². The smallest absolute Gasteiger partial charge is 0.336 e. The van der Waals surface area contributed by atoms with Crippen LogP contribution in [-0.4, -0.2) is 29.9 Å². The standard InChI is InChI=1S/C19H18O6/c1-11(7-15-8-12(2)19(22)24-15)16(20)10-23-14-5-3-13-4-6-18(21)25-17(13)9-14/h3-6,8-9,15-16,20H,1,7,10H2,2H3/t15?,16-/m0/s1. The minimum atomic E-state index is -0.911. The summed E-state index contributed by atoms with van der Waals surface area (Å²) in [6.45, 7) is 5.51. The largest absolute Gasteiger partial charge is 0.490 e. The highest BCUT2D eigenvalue weighted by Crippen LogP contribution is 2.22. The SMILES string of the molecule is C=C(CC1C=C(C)C(=O)O1)[C@@H](O)COc1ccc2ccc(=O)oc2c1. The Morgan fingerprint density at radius 2 is 2.08 bits per heavy atom.